The van der Waals surface area contributed by atoms with Gasteiger partial charge in [-0.1, -0.05) is 38.1 Å². The Morgan fingerprint density at radius 2 is 1.90 bits per heavy atom. The normalized spacial score (nSPS) is 16.9. The highest BCUT2D eigenvalue weighted by Gasteiger charge is 2.35. The van der Waals surface area contributed by atoms with Crippen LogP contribution < -0.4 is 5.73 Å². The zero-order valence-corrected chi connectivity index (χ0v) is 12.9. The van der Waals surface area contributed by atoms with Gasteiger partial charge in [0.05, 0.1) is 0 Å². The van der Waals surface area contributed by atoms with Crippen molar-refractivity contribution in [2.45, 2.75) is 57.5 Å². The lowest BCUT2D eigenvalue weighted by molar-refractivity contribution is -0.132. The van der Waals surface area contributed by atoms with Gasteiger partial charge in [-0.15, -0.1) is 0 Å². The molecule has 2 N–H and O–H groups in total. The van der Waals surface area contributed by atoms with Crippen molar-refractivity contribution in [3.8, 4) is 0 Å². The summed E-state index contributed by atoms with van der Waals surface area (Å²) >= 11 is 0. The maximum Gasteiger partial charge on any atom is 0.224 e. The Labute approximate surface area is 122 Å². The molecule has 0 aliphatic heterocycles. The van der Waals surface area contributed by atoms with E-state index < -0.39 is 0 Å². The molecule has 0 atom stereocenters. The average Bonchev–Trinajstić information content (AvgIpc) is 2.37. The minimum absolute atomic E-state index is 0.153. The fraction of sp³-hybridized carbons (Fsp3) is 0.588. The van der Waals surface area contributed by atoms with E-state index in [4.69, 9.17) is 5.73 Å². The Bertz CT molecular complexity index is 460. The number of rotatable bonds is 5. The summed E-state index contributed by atoms with van der Waals surface area (Å²) in [5, 5.41) is 0. The molecule has 0 aromatic heterocycles. The molecule has 1 saturated carbocycles. The zero-order chi connectivity index (χ0) is 14.8. The molecule has 0 heterocycles. The van der Waals surface area contributed by atoms with Crippen molar-refractivity contribution in [3.05, 3.63) is 35.4 Å². The number of amides is 1. The van der Waals surface area contributed by atoms with Gasteiger partial charge < -0.3 is 10.6 Å². The van der Waals surface area contributed by atoms with Crippen molar-refractivity contribution in [2.24, 2.45) is 5.73 Å². The molecule has 0 radical (unpaired) electrons. The van der Waals surface area contributed by atoms with Gasteiger partial charge in [-0.2, -0.15) is 0 Å². The number of benzene rings is 1. The molecule has 1 aliphatic carbocycles. The van der Waals surface area contributed by atoms with Crippen molar-refractivity contribution in [1.82, 2.24) is 4.90 Å². The standard InChI is InChI=1S/C17H26N2O/c1-13(2)15-7-5-14(6-8-15)12-19(3)16(20)11-17(18)9-4-10-17/h5-8,13H,4,9-12,18H2,1-3H3. The molecule has 2 rings (SSSR count). The Balaban J connectivity index is 1.90. The first-order chi connectivity index (χ1) is 9.39. The van der Waals surface area contributed by atoms with Gasteiger partial charge in [0.1, 0.15) is 0 Å². The molecule has 1 aromatic carbocycles. The second-order valence-corrected chi connectivity index (χ2v) is 6.54. The average molecular weight is 274 g/mol. The largest absolute Gasteiger partial charge is 0.341 e. The second-order valence-electron chi connectivity index (χ2n) is 6.54. The predicted octanol–water partition coefficient (Wildman–Crippen LogP) is 3.04. The number of carbonyl (C=O) groups excluding carboxylic acids is 1. The highest BCUT2D eigenvalue weighted by Crippen LogP contribution is 2.32. The van der Waals surface area contributed by atoms with E-state index >= 15 is 0 Å². The lowest BCUT2D eigenvalue weighted by Crippen LogP contribution is -2.50. The van der Waals surface area contributed by atoms with Crippen molar-refractivity contribution in [2.75, 3.05) is 7.05 Å². The van der Waals surface area contributed by atoms with Crippen LogP contribution in [0.2, 0.25) is 0 Å². The van der Waals surface area contributed by atoms with Crippen LogP contribution in [0.25, 0.3) is 0 Å². The van der Waals surface area contributed by atoms with E-state index in [0.29, 0.717) is 18.9 Å². The molecule has 0 spiro atoms. The third-order valence-corrected chi connectivity index (χ3v) is 4.34. The fourth-order valence-corrected chi connectivity index (χ4v) is 2.61. The van der Waals surface area contributed by atoms with Crippen LogP contribution in [0.1, 0.15) is 56.6 Å². The van der Waals surface area contributed by atoms with Crippen molar-refractivity contribution in [3.63, 3.8) is 0 Å². The first kappa shape index (κ1) is 15.0. The third-order valence-electron chi connectivity index (χ3n) is 4.34. The smallest absolute Gasteiger partial charge is 0.224 e. The molecule has 0 bridgehead atoms. The fourth-order valence-electron chi connectivity index (χ4n) is 2.61. The van der Waals surface area contributed by atoms with E-state index in [9.17, 15) is 4.79 Å². The Hall–Kier alpha value is -1.35. The highest BCUT2D eigenvalue weighted by molar-refractivity contribution is 5.77. The summed E-state index contributed by atoms with van der Waals surface area (Å²) < 4.78 is 0. The van der Waals surface area contributed by atoms with Gasteiger partial charge in [0.2, 0.25) is 5.91 Å². The summed E-state index contributed by atoms with van der Waals surface area (Å²) in [4.78, 5) is 14.0. The van der Waals surface area contributed by atoms with Crippen molar-refractivity contribution >= 4 is 5.91 Å². The van der Waals surface area contributed by atoms with Crippen LogP contribution >= 0.6 is 0 Å². The molecule has 1 fully saturated rings. The number of nitrogens with zero attached hydrogens (tertiary/aromatic N) is 1. The molecule has 20 heavy (non-hydrogen) atoms. The van der Waals surface area contributed by atoms with E-state index in [1.165, 1.54) is 11.1 Å². The quantitative estimate of drug-likeness (QED) is 0.897. The van der Waals surface area contributed by atoms with Crippen molar-refractivity contribution in [1.29, 1.82) is 0 Å². The summed E-state index contributed by atoms with van der Waals surface area (Å²) in [6, 6.07) is 8.52. The molecule has 3 nitrogen and oxygen atoms in total. The Morgan fingerprint density at radius 3 is 2.35 bits per heavy atom. The van der Waals surface area contributed by atoms with Crippen LogP contribution in [0.15, 0.2) is 24.3 Å². The van der Waals surface area contributed by atoms with Gasteiger partial charge in [0.25, 0.3) is 0 Å². The molecule has 1 amide bonds. The molecule has 110 valence electrons. The van der Waals surface area contributed by atoms with Crippen LogP contribution in [0, 0.1) is 0 Å². The first-order valence-electron chi connectivity index (χ1n) is 7.51. The molecular formula is C17H26N2O. The van der Waals surface area contributed by atoms with Crippen LogP contribution in [0.5, 0.6) is 0 Å². The molecule has 3 heteroatoms. The maximum absolute atomic E-state index is 12.2. The van der Waals surface area contributed by atoms with E-state index in [-0.39, 0.29) is 11.4 Å². The Kier molecular flexibility index (Phi) is 4.48. The Morgan fingerprint density at radius 1 is 1.30 bits per heavy atom. The molecule has 1 aliphatic rings. The van der Waals surface area contributed by atoms with Crippen LogP contribution in [-0.2, 0) is 11.3 Å². The molecular weight excluding hydrogens is 248 g/mol. The van der Waals surface area contributed by atoms with Gasteiger partial charge in [-0.05, 0) is 36.3 Å². The molecule has 1 aromatic rings. The second kappa shape index (κ2) is 5.96. The van der Waals surface area contributed by atoms with Gasteiger partial charge in [0.15, 0.2) is 0 Å². The monoisotopic (exact) mass is 274 g/mol. The highest BCUT2D eigenvalue weighted by atomic mass is 16.2. The van der Waals surface area contributed by atoms with Gasteiger partial charge >= 0.3 is 0 Å². The number of nitrogens with two attached hydrogens (primary N) is 1. The van der Waals surface area contributed by atoms with E-state index in [2.05, 4.69) is 38.1 Å². The van der Waals surface area contributed by atoms with E-state index in [1.807, 2.05) is 7.05 Å². The van der Waals surface area contributed by atoms with Gasteiger partial charge in [0, 0.05) is 25.6 Å². The van der Waals surface area contributed by atoms with E-state index in [0.717, 1.165) is 19.3 Å². The van der Waals surface area contributed by atoms with Gasteiger partial charge in [-0.3, -0.25) is 4.79 Å². The first-order valence-corrected chi connectivity index (χ1v) is 7.51. The lowest BCUT2D eigenvalue weighted by atomic mass is 9.75. The topological polar surface area (TPSA) is 46.3 Å². The zero-order valence-electron chi connectivity index (χ0n) is 12.9. The summed E-state index contributed by atoms with van der Waals surface area (Å²) in [6.45, 7) is 5.03. The summed E-state index contributed by atoms with van der Waals surface area (Å²) in [5.41, 5.74) is 8.41. The maximum atomic E-state index is 12.2. The molecule has 0 unspecified atom stereocenters. The number of carbonyl (C=O) groups is 1. The minimum Gasteiger partial charge on any atom is -0.341 e. The minimum atomic E-state index is -0.229. The summed E-state index contributed by atoms with van der Waals surface area (Å²) in [7, 11) is 1.86. The summed E-state index contributed by atoms with van der Waals surface area (Å²) in [6.07, 6.45) is 3.60. The third kappa shape index (κ3) is 3.60. The predicted molar refractivity (Wildman–Crippen MR) is 82.4 cm³/mol. The van der Waals surface area contributed by atoms with Crippen LogP contribution in [0.4, 0.5) is 0 Å². The molecule has 0 saturated heterocycles. The number of hydrogen-bond donors (Lipinski definition) is 1. The van der Waals surface area contributed by atoms with E-state index in [1.54, 1.807) is 4.90 Å². The summed E-state index contributed by atoms with van der Waals surface area (Å²) in [5.74, 6) is 0.694. The van der Waals surface area contributed by atoms with Crippen molar-refractivity contribution < 1.29 is 4.79 Å². The van der Waals surface area contributed by atoms with Crippen LogP contribution in [-0.4, -0.2) is 23.4 Å². The lowest BCUT2D eigenvalue weighted by Gasteiger charge is -2.38. The number of hydrogen-bond acceptors (Lipinski definition) is 2. The van der Waals surface area contributed by atoms with Crippen LogP contribution in [0.3, 0.4) is 0 Å². The SMILES string of the molecule is CC(C)c1ccc(CN(C)C(=O)CC2(N)CCC2)cc1. The van der Waals surface area contributed by atoms with Gasteiger partial charge in [-0.25, -0.2) is 0 Å².